The predicted molar refractivity (Wildman–Crippen MR) is 60.2 cm³/mol. The van der Waals surface area contributed by atoms with Crippen molar-refractivity contribution in [3.05, 3.63) is 0 Å². The van der Waals surface area contributed by atoms with E-state index in [1.807, 2.05) is 0 Å². The summed E-state index contributed by atoms with van der Waals surface area (Å²) in [6, 6.07) is -1.69. The molecular weight excluding hydrogens is 224 g/mol. The van der Waals surface area contributed by atoms with Gasteiger partial charge in [0.2, 0.25) is 0 Å². The Bertz CT molecular complexity index is 350. The van der Waals surface area contributed by atoms with Crippen molar-refractivity contribution in [2.24, 2.45) is 0 Å². The van der Waals surface area contributed by atoms with Crippen LogP contribution in [-0.2, 0) is 4.79 Å². The molecule has 3 N–H and O–H groups in total. The molecule has 94 valence electrons. The maximum absolute atomic E-state index is 11.8. The highest BCUT2D eigenvalue weighted by molar-refractivity contribution is 5.83. The maximum Gasteiger partial charge on any atom is 0.326 e. The Balaban J connectivity index is 2.62. The number of likely N-dealkylation sites (tertiary alicyclic amines) is 1. The van der Waals surface area contributed by atoms with Crippen molar-refractivity contribution in [3.8, 4) is 12.3 Å². The molecule has 0 aromatic rings. The monoisotopic (exact) mass is 240 g/mol. The first-order valence-corrected chi connectivity index (χ1v) is 5.37. The number of rotatable bonds is 3. The second kappa shape index (κ2) is 5.55. The Kier molecular flexibility index (Phi) is 4.35. The molecule has 1 aliphatic heterocycles. The van der Waals surface area contributed by atoms with Gasteiger partial charge in [-0.2, -0.15) is 0 Å². The van der Waals surface area contributed by atoms with Crippen molar-refractivity contribution < 1.29 is 19.8 Å². The Morgan fingerprint density at radius 1 is 1.65 bits per heavy atom. The number of aliphatic hydroxyl groups excluding tert-OH is 1. The third kappa shape index (κ3) is 3.36. The summed E-state index contributed by atoms with van der Waals surface area (Å²) in [4.78, 5) is 23.8. The molecule has 17 heavy (non-hydrogen) atoms. The number of aliphatic hydroxyl groups is 1. The zero-order valence-corrected chi connectivity index (χ0v) is 9.59. The third-order valence-electron chi connectivity index (χ3n) is 2.62. The van der Waals surface area contributed by atoms with Crippen molar-refractivity contribution >= 4 is 12.0 Å². The number of hydrogen-bond donors (Lipinski definition) is 3. The van der Waals surface area contributed by atoms with E-state index in [0.29, 0.717) is 6.42 Å². The lowest BCUT2D eigenvalue weighted by Gasteiger charge is -2.23. The van der Waals surface area contributed by atoms with Crippen LogP contribution in [0.3, 0.4) is 0 Å². The summed E-state index contributed by atoms with van der Waals surface area (Å²) in [7, 11) is 0. The van der Waals surface area contributed by atoms with E-state index >= 15 is 0 Å². The lowest BCUT2D eigenvalue weighted by Crippen LogP contribution is -2.48. The smallest absolute Gasteiger partial charge is 0.326 e. The van der Waals surface area contributed by atoms with Gasteiger partial charge in [0.1, 0.15) is 6.04 Å². The van der Waals surface area contributed by atoms with Gasteiger partial charge in [-0.25, -0.2) is 9.59 Å². The van der Waals surface area contributed by atoms with E-state index in [-0.39, 0.29) is 19.0 Å². The van der Waals surface area contributed by atoms with Gasteiger partial charge in [0.05, 0.1) is 6.10 Å². The molecule has 6 heteroatoms. The summed E-state index contributed by atoms with van der Waals surface area (Å²) in [5.41, 5.74) is 0. The Hall–Kier alpha value is -1.74. The Morgan fingerprint density at radius 2 is 2.29 bits per heavy atom. The molecule has 1 aliphatic rings. The fourth-order valence-corrected chi connectivity index (χ4v) is 1.79. The fourth-order valence-electron chi connectivity index (χ4n) is 1.79. The minimum atomic E-state index is -1.11. The molecule has 0 aromatic carbocycles. The number of β-amino-alcohol motifs (C(OH)–C–C–N with tert-alkyl or cyclic N) is 1. The average Bonchev–Trinajstić information content (AvgIpc) is 2.60. The van der Waals surface area contributed by atoms with Crippen LogP contribution in [0, 0.1) is 12.3 Å². The number of carboxylic acid groups (broad SMARTS) is 1. The predicted octanol–water partition coefficient (Wildman–Crippen LogP) is -0.372. The van der Waals surface area contributed by atoms with Gasteiger partial charge in [0.15, 0.2) is 0 Å². The fraction of sp³-hybridized carbons (Fsp3) is 0.636. The van der Waals surface area contributed by atoms with Gasteiger partial charge in [-0.15, -0.1) is 12.3 Å². The van der Waals surface area contributed by atoms with Gasteiger partial charge in [0.25, 0.3) is 0 Å². The standard InChI is InChI=1S/C11H16N2O4/c1-3-4-7(2)12-11(17)13-6-8(14)5-9(13)10(15)16/h1,7-9,14H,4-6H2,2H3,(H,12,17)(H,15,16). The van der Waals surface area contributed by atoms with Crippen LogP contribution in [0.15, 0.2) is 0 Å². The SMILES string of the molecule is C#CCC(C)NC(=O)N1CC(O)CC1C(=O)O. The Morgan fingerprint density at radius 3 is 2.82 bits per heavy atom. The van der Waals surface area contributed by atoms with Gasteiger partial charge in [-0.3, -0.25) is 0 Å². The quantitative estimate of drug-likeness (QED) is 0.587. The van der Waals surface area contributed by atoms with Crippen molar-refractivity contribution in [2.45, 2.75) is 38.0 Å². The molecule has 1 heterocycles. The highest BCUT2D eigenvalue weighted by atomic mass is 16.4. The van der Waals surface area contributed by atoms with Crippen LogP contribution in [0.1, 0.15) is 19.8 Å². The summed E-state index contributed by atoms with van der Waals surface area (Å²) in [6.45, 7) is 1.77. The first kappa shape index (κ1) is 13.3. The number of aliphatic carboxylic acids is 1. The number of hydrogen-bond acceptors (Lipinski definition) is 3. The van der Waals surface area contributed by atoms with E-state index in [0.717, 1.165) is 4.90 Å². The van der Waals surface area contributed by atoms with Crippen LogP contribution in [0.2, 0.25) is 0 Å². The van der Waals surface area contributed by atoms with Crippen LogP contribution in [-0.4, -0.2) is 51.8 Å². The molecule has 3 unspecified atom stereocenters. The molecule has 0 bridgehead atoms. The van der Waals surface area contributed by atoms with Gasteiger partial charge >= 0.3 is 12.0 Å². The number of urea groups is 1. The minimum Gasteiger partial charge on any atom is -0.480 e. The normalized spacial score (nSPS) is 25.1. The van der Waals surface area contributed by atoms with E-state index in [2.05, 4.69) is 11.2 Å². The average molecular weight is 240 g/mol. The summed E-state index contributed by atoms with van der Waals surface area (Å²) in [5.74, 6) is 1.30. The molecule has 0 spiro atoms. The number of nitrogens with zero attached hydrogens (tertiary/aromatic N) is 1. The molecule has 1 fully saturated rings. The Labute approximate surface area is 99.6 Å². The molecule has 2 amide bonds. The molecule has 0 aromatic heterocycles. The second-order valence-electron chi connectivity index (χ2n) is 4.15. The first-order valence-electron chi connectivity index (χ1n) is 5.37. The molecular formula is C11H16N2O4. The molecule has 0 radical (unpaired) electrons. The summed E-state index contributed by atoms with van der Waals surface area (Å²) in [5, 5.41) is 20.9. The highest BCUT2D eigenvalue weighted by Crippen LogP contribution is 2.18. The topological polar surface area (TPSA) is 89.9 Å². The molecule has 6 nitrogen and oxygen atoms in total. The van der Waals surface area contributed by atoms with Gasteiger partial charge in [-0.1, -0.05) is 0 Å². The highest BCUT2D eigenvalue weighted by Gasteiger charge is 2.39. The summed E-state index contributed by atoms with van der Waals surface area (Å²) >= 11 is 0. The number of amides is 2. The van der Waals surface area contributed by atoms with Crippen molar-refractivity contribution in [1.29, 1.82) is 0 Å². The summed E-state index contributed by atoms with van der Waals surface area (Å²) < 4.78 is 0. The van der Waals surface area contributed by atoms with E-state index in [9.17, 15) is 14.7 Å². The lowest BCUT2D eigenvalue weighted by molar-refractivity contribution is -0.141. The van der Waals surface area contributed by atoms with E-state index in [4.69, 9.17) is 11.5 Å². The number of terminal acetylenes is 1. The van der Waals surface area contributed by atoms with Crippen molar-refractivity contribution in [2.75, 3.05) is 6.54 Å². The van der Waals surface area contributed by atoms with Gasteiger partial charge < -0.3 is 20.4 Å². The largest absolute Gasteiger partial charge is 0.480 e. The van der Waals surface area contributed by atoms with Crippen LogP contribution in [0.5, 0.6) is 0 Å². The molecule has 0 saturated carbocycles. The van der Waals surface area contributed by atoms with Crippen LogP contribution in [0.4, 0.5) is 4.79 Å². The number of nitrogens with one attached hydrogen (secondary N) is 1. The maximum atomic E-state index is 11.8. The number of carbonyl (C=O) groups is 2. The van der Waals surface area contributed by atoms with E-state index in [1.54, 1.807) is 6.92 Å². The van der Waals surface area contributed by atoms with Crippen LogP contribution < -0.4 is 5.32 Å². The van der Waals surface area contributed by atoms with Gasteiger partial charge in [-0.05, 0) is 6.92 Å². The van der Waals surface area contributed by atoms with Crippen molar-refractivity contribution in [3.63, 3.8) is 0 Å². The molecule has 0 aliphatic carbocycles. The number of carbonyl (C=O) groups excluding carboxylic acids is 1. The van der Waals surface area contributed by atoms with Crippen LogP contribution >= 0.6 is 0 Å². The van der Waals surface area contributed by atoms with Crippen molar-refractivity contribution in [1.82, 2.24) is 10.2 Å². The first-order chi connectivity index (χ1) is 7.95. The second-order valence-corrected chi connectivity index (χ2v) is 4.15. The van der Waals surface area contributed by atoms with E-state index < -0.39 is 24.1 Å². The van der Waals surface area contributed by atoms with Crippen LogP contribution in [0.25, 0.3) is 0 Å². The number of carboxylic acids is 1. The molecule has 3 atom stereocenters. The molecule has 1 saturated heterocycles. The zero-order valence-electron chi connectivity index (χ0n) is 9.59. The van der Waals surface area contributed by atoms with E-state index in [1.165, 1.54) is 0 Å². The lowest BCUT2D eigenvalue weighted by atomic mass is 10.2. The van der Waals surface area contributed by atoms with Gasteiger partial charge in [0, 0.05) is 25.4 Å². The zero-order chi connectivity index (χ0) is 13.0. The summed E-state index contributed by atoms with van der Waals surface area (Å²) in [6.07, 6.45) is 4.76. The third-order valence-corrected chi connectivity index (χ3v) is 2.62. The molecule has 1 rings (SSSR count). The minimum absolute atomic E-state index is 0.0333.